The van der Waals surface area contributed by atoms with Crippen molar-refractivity contribution >= 4 is 58.5 Å². The molecule has 0 bridgehead atoms. The topological polar surface area (TPSA) is 131 Å². The summed E-state index contributed by atoms with van der Waals surface area (Å²) in [7, 11) is 0. The molecule has 0 aliphatic carbocycles. The molecule has 0 unspecified atom stereocenters. The highest BCUT2D eigenvalue weighted by Gasteiger charge is 2.35. The predicted octanol–water partition coefficient (Wildman–Crippen LogP) is 6.21. The Morgan fingerprint density at radius 1 is 1.00 bits per heavy atom. The average Bonchev–Trinajstić information content (AvgIpc) is 3.36. The smallest absolute Gasteiger partial charge is 0.329 e. The standard InChI is InChI=1S/C26H16Cl3N5O5/c27-15-5-10-18(21(29)11-15)23-19(24(35)33(31-23)16-6-8-17(9-7-16)34(38)39)12-22-25(36)32(26(37)30-22)13-14-3-1-2-4-20(14)28/h1-12,35H,13H2,(H,30,37)/b22-12-. The maximum Gasteiger partial charge on any atom is 0.329 e. The summed E-state index contributed by atoms with van der Waals surface area (Å²) in [5.41, 5.74) is 1.24. The van der Waals surface area contributed by atoms with Crippen LogP contribution in [0.15, 0.2) is 72.4 Å². The number of rotatable bonds is 6. The van der Waals surface area contributed by atoms with Crippen LogP contribution in [0.4, 0.5) is 10.5 Å². The SMILES string of the molecule is O=C1N/C(=C\c2c(-c3ccc(Cl)cc3Cl)nn(-c3ccc([N+](=O)[O-])cc3)c2O)C(=O)N1Cc1ccccc1Cl. The third-order valence-electron chi connectivity index (χ3n) is 5.93. The first-order valence-corrected chi connectivity index (χ1v) is 12.4. The summed E-state index contributed by atoms with van der Waals surface area (Å²) in [5, 5.41) is 30.2. The van der Waals surface area contributed by atoms with Gasteiger partial charge in [0.2, 0.25) is 5.88 Å². The number of nitro benzene ring substituents is 1. The molecule has 1 fully saturated rings. The van der Waals surface area contributed by atoms with Gasteiger partial charge in [0.25, 0.3) is 11.6 Å². The molecule has 0 radical (unpaired) electrons. The molecule has 2 N–H and O–H groups in total. The molecule has 0 spiro atoms. The highest BCUT2D eigenvalue weighted by atomic mass is 35.5. The van der Waals surface area contributed by atoms with Gasteiger partial charge in [0.05, 0.1) is 27.7 Å². The van der Waals surface area contributed by atoms with Crippen LogP contribution in [0.3, 0.4) is 0 Å². The maximum absolute atomic E-state index is 13.2. The van der Waals surface area contributed by atoms with E-state index in [0.29, 0.717) is 26.9 Å². The van der Waals surface area contributed by atoms with Crippen LogP contribution in [0.1, 0.15) is 11.1 Å². The summed E-state index contributed by atoms with van der Waals surface area (Å²) in [6.45, 7) is -0.0639. The largest absolute Gasteiger partial charge is 0.493 e. The number of urea groups is 1. The maximum atomic E-state index is 13.2. The Hall–Kier alpha value is -4.38. The third kappa shape index (κ3) is 5.05. The molecule has 0 saturated carbocycles. The molecule has 1 aliphatic rings. The van der Waals surface area contributed by atoms with Crippen molar-refractivity contribution in [1.82, 2.24) is 20.0 Å². The third-order valence-corrected chi connectivity index (χ3v) is 6.84. The molecule has 3 aromatic carbocycles. The Morgan fingerprint density at radius 2 is 1.72 bits per heavy atom. The number of nitrogens with zero attached hydrogens (tertiary/aromatic N) is 4. The van der Waals surface area contributed by atoms with Gasteiger partial charge in [-0.15, -0.1) is 0 Å². The predicted molar refractivity (Wildman–Crippen MR) is 146 cm³/mol. The number of non-ortho nitro benzene ring substituents is 1. The van der Waals surface area contributed by atoms with Crippen molar-refractivity contribution in [3.8, 4) is 22.8 Å². The number of hydrogen-bond acceptors (Lipinski definition) is 6. The van der Waals surface area contributed by atoms with Gasteiger partial charge in [0, 0.05) is 27.7 Å². The monoisotopic (exact) mass is 583 g/mol. The molecular formula is C26H16Cl3N5O5. The van der Waals surface area contributed by atoms with Gasteiger partial charge < -0.3 is 10.4 Å². The van der Waals surface area contributed by atoms with Crippen LogP contribution >= 0.6 is 34.8 Å². The first-order valence-electron chi connectivity index (χ1n) is 11.2. The molecule has 4 aromatic rings. The Morgan fingerprint density at radius 3 is 2.38 bits per heavy atom. The van der Waals surface area contributed by atoms with E-state index in [-0.39, 0.29) is 34.2 Å². The Balaban J connectivity index is 1.60. The van der Waals surface area contributed by atoms with E-state index in [1.165, 1.54) is 36.4 Å². The van der Waals surface area contributed by atoms with E-state index in [0.717, 1.165) is 9.58 Å². The van der Waals surface area contributed by atoms with Gasteiger partial charge in [-0.3, -0.25) is 19.8 Å². The van der Waals surface area contributed by atoms with E-state index in [1.54, 1.807) is 36.4 Å². The fourth-order valence-electron chi connectivity index (χ4n) is 3.99. The lowest BCUT2D eigenvalue weighted by Crippen LogP contribution is -2.30. The summed E-state index contributed by atoms with van der Waals surface area (Å²) in [4.78, 5) is 37.4. The molecule has 0 atom stereocenters. The number of nitro groups is 1. The van der Waals surface area contributed by atoms with Crippen LogP contribution in [-0.2, 0) is 11.3 Å². The second kappa shape index (κ2) is 10.4. The number of carbonyl (C=O) groups excluding carboxylic acids is 2. The molecule has 1 saturated heterocycles. The van der Waals surface area contributed by atoms with Gasteiger partial charge >= 0.3 is 6.03 Å². The van der Waals surface area contributed by atoms with Gasteiger partial charge in [-0.2, -0.15) is 5.10 Å². The van der Waals surface area contributed by atoms with E-state index < -0.39 is 22.7 Å². The van der Waals surface area contributed by atoms with Gasteiger partial charge in [0.15, 0.2) is 0 Å². The zero-order valence-electron chi connectivity index (χ0n) is 19.6. The van der Waals surface area contributed by atoms with Crippen molar-refractivity contribution in [1.29, 1.82) is 0 Å². The average molecular weight is 585 g/mol. The van der Waals surface area contributed by atoms with Crippen molar-refractivity contribution in [3.63, 3.8) is 0 Å². The minimum Gasteiger partial charge on any atom is -0.493 e. The van der Waals surface area contributed by atoms with Crippen LogP contribution in [0.5, 0.6) is 5.88 Å². The van der Waals surface area contributed by atoms with E-state index in [9.17, 15) is 24.8 Å². The van der Waals surface area contributed by atoms with Crippen molar-refractivity contribution in [3.05, 3.63) is 109 Å². The second-order valence-corrected chi connectivity index (χ2v) is 9.62. The fraction of sp³-hybridized carbons (Fsp3) is 0.0385. The summed E-state index contributed by atoms with van der Waals surface area (Å²) in [6, 6.07) is 16.2. The number of aromatic nitrogens is 2. The molecule has 39 heavy (non-hydrogen) atoms. The molecule has 1 aromatic heterocycles. The first kappa shape index (κ1) is 26.2. The van der Waals surface area contributed by atoms with Crippen molar-refractivity contribution in [2.24, 2.45) is 0 Å². The second-order valence-electron chi connectivity index (χ2n) is 8.37. The van der Waals surface area contributed by atoms with Gasteiger partial charge in [0.1, 0.15) is 11.4 Å². The van der Waals surface area contributed by atoms with E-state index in [1.807, 2.05) is 0 Å². The quantitative estimate of drug-likeness (QED) is 0.120. The highest BCUT2D eigenvalue weighted by Crippen LogP contribution is 2.38. The molecule has 13 heteroatoms. The molecule has 2 heterocycles. The van der Waals surface area contributed by atoms with Crippen LogP contribution in [0, 0.1) is 10.1 Å². The van der Waals surface area contributed by atoms with Crippen LogP contribution in [0.2, 0.25) is 15.1 Å². The number of benzene rings is 3. The normalized spacial score (nSPS) is 14.2. The van der Waals surface area contributed by atoms with Crippen LogP contribution in [0.25, 0.3) is 23.0 Å². The Kier molecular flexibility index (Phi) is 7.00. The highest BCUT2D eigenvalue weighted by molar-refractivity contribution is 6.36. The molecule has 3 amide bonds. The lowest BCUT2D eigenvalue weighted by Gasteiger charge is -2.12. The van der Waals surface area contributed by atoms with E-state index >= 15 is 0 Å². The van der Waals surface area contributed by atoms with Gasteiger partial charge in [-0.05, 0) is 48.0 Å². The van der Waals surface area contributed by atoms with Gasteiger partial charge in [-0.1, -0.05) is 53.0 Å². The lowest BCUT2D eigenvalue weighted by atomic mass is 10.1. The number of amides is 3. The van der Waals surface area contributed by atoms with E-state index in [4.69, 9.17) is 34.8 Å². The zero-order chi connectivity index (χ0) is 27.8. The Labute approximate surface area is 235 Å². The molecule has 196 valence electrons. The molecule has 5 rings (SSSR count). The zero-order valence-corrected chi connectivity index (χ0v) is 21.9. The fourth-order valence-corrected chi connectivity index (χ4v) is 4.68. The number of aromatic hydroxyl groups is 1. The number of nitrogens with one attached hydrogen (secondary N) is 1. The summed E-state index contributed by atoms with van der Waals surface area (Å²) in [5.74, 6) is -1.04. The number of carbonyl (C=O) groups is 2. The molecule has 1 aliphatic heterocycles. The molecular weight excluding hydrogens is 569 g/mol. The number of halogens is 3. The van der Waals surface area contributed by atoms with Crippen molar-refractivity contribution in [2.45, 2.75) is 6.54 Å². The van der Waals surface area contributed by atoms with E-state index in [2.05, 4.69) is 10.4 Å². The first-order chi connectivity index (χ1) is 18.6. The van der Waals surface area contributed by atoms with Crippen LogP contribution < -0.4 is 5.32 Å². The van der Waals surface area contributed by atoms with Crippen molar-refractivity contribution in [2.75, 3.05) is 0 Å². The Bertz CT molecular complexity index is 1680. The minimum atomic E-state index is -0.667. The molecule has 10 nitrogen and oxygen atoms in total. The van der Waals surface area contributed by atoms with Crippen LogP contribution in [-0.4, -0.2) is 36.6 Å². The summed E-state index contributed by atoms with van der Waals surface area (Å²) >= 11 is 18.7. The lowest BCUT2D eigenvalue weighted by molar-refractivity contribution is -0.384. The number of hydrogen-bond donors (Lipinski definition) is 2. The van der Waals surface area contributed by atoms with Gasteiger partial charge in [-0.25, -0.2) is 9.48 Å². The van der Waals surface area contributed by atoms with Crippen molar-refractivity contribution < 1.29 is 19.6 Å². The minimum absolute atomic E-state index is 0.0639. The summed E-state index contributed by atoms with van der Waals surface area (Å²) < 4.78 is 1.14. The number of imide groups is 1. The summed E-state index contributed by atoms with van der Waals surface area (Å²) in [6.07, 6.45) is 1.29.